The summed E-state index contributed by atoms with van der Waals surface area (Å²) in [6, 6.07) is 30.5. The minimum absolute atomic E-state index is 0. The van der Waals surface area contributed by atoms with Crippen molar-refractivity contribution in [2.75, 3.05) is 18.8 Å². The van der Waals surface area contributed by atoms with Crippen LogP contribution in [0.1, 0.15) is 33.5 Å². The molecule has 2 aromatic carbocycles. The normalized spacial score (nSPS) is 12.7. The predicted octanol–water partition coefficient (Wildman–Crippen LogP) is 4.65. The second kappa shape index (κ2) is 17.2. The van der Waals surface area contributed by atoms with Crippen LogP contribution in [0.25, 0.3) is 44.3 Å². The molecule has 0 fully saturated rings. The number of anilines is 1. The summed E-state index contributed by atoms with van der Waals surface area (Å²) in [6.45, 7) is 1.33. The maximum atomic E-state index is 12.1. The van der Waals surface area contributed by atoms with Gasteiger partial charge in [0.2, 0.25) is 5.88 Å². The first-order valence-electron chi connectivity index (χ1n) is 17.6. The molecule has 0 spiro atoms. The van der Waals surface area contributed by atoms with E-state index in [4.69, 9.17) is 27.1 Å². The maximum Gasteiger partial charge on any atom is 1.00 e. The zero-order valence-electron chi connectivity index (χ0n) is 31.3. The number of para-hydroxylation sites is 2. The summed E-state index contributed by atoms with van der Waals surface area (Å²) in [7, 11) is 0. The van der Waals surface area contributed by atoms with Crippen molar-refractivity contribution in [2.45, 2.75) is 12.8 Å². The summed E-state index contributed by atoms with van der Waals surface area (Å²) in [5.74, 6) is 1.07. The number of benzene rings is 2. The summed E-state index contributed by atoms with van der Waals surface area (Å²) in [4.78, 5) is 47.6. The van der Waals surface area contributed by atoms with Crippen molar-refractivity contribution < 1.29 is 45.3 Å². The van der Waals surface area contributed by atoms with E-state index in [9.17, 15) is 9.59 Å². The van der Waals surface area contributed by atoms with Gasteiger partial charge in [0.15, 0.2) is 0 Å². The van der Waals surface area contributed by atoms with Gasteiger partial charge in [0.05, 0.1) is 34.0 Å². The molecule has 0 radical (unpaired) electrons. The van der Waals surface area contributed by atoms with E-state index in [0.717, 1.165) is 74.1 Å². The van der Waals surface area contributed by atoms with Crippen LogP contribution in [0.15, 0.2) is 122 Å². The Morgan fingerprint density at radius 2 is 1.21 bits per heavy atom. The molecular formula is C42H35ClN9NaO3. The number of H-pyrrole nitrogens is 2. The monoisotopic (exact) mass is 771 g/mol. The van der Waals surface area contributed by atoms with Gasteiger partial charge in [0, 0.05) is 95.3 Å². The molecule has 8 heterocycles. The van der Waals surface area contributed by atoms with E-state index in [-0.39, 0.29) is 42.8 Å². The second-order valence-corrected chi connectivity index (χ2v) is 13.2. The molecule has 0 unspecified atom stereocenters. The van der Waals surface area contributed by atoms with Crippen molar-refractivity contribution in [3.8, 4) is 34.1 Å². The molecule has 14 heteroatoms. The summed E-state index contributed by atoms with van der Waals surface area (Å²) in [5.41, 5.74) is 14.7. The average molecular weight is 772 g/mol. The number of carbonyl (C=O) groups is 2. The summed E-state index contributed by atoms with van der Waals surface area (Å²) in [6.07, 6.45) is 8.27. The SMILES string of the molecule is Nc1cccnc1.O=C1NCCc2[nH]c(-c3cccc4ccc(Cl)nc34)cc21.O=C1NCCc2[nH]c(-c3cccc4ccc(Oc5cccnc5)nc34)cc21.[H-].[Na+]. The zero-order chi connectivity index (χ0) is 37.7. The van der Waals surface area contributed by atoms with E-state index < -0.39 is 0 Å². The number of carbonyl (C=O) groups excluding carboxylic acids is 2. The molecule has 0 aliphatic carbocycles. The van der Waals surface area contributed by atoms with Gasteiger partial charge in [-0.25, -0.2) is 9.97 Å². The standard InChI is InChI=1S/C21H16N4O2.C16H12ClN3O.C5H6N2.Na.H/c26-21-16-11-18(24-17(16)8-10-23-21)15-5-1-3-13-6-7-19(25-20(13)15)27-14-4-2-9-22-12-14;17-14-5-4-9-2-1-3-10(15(9)20-14)13-8-11-12(19-13)6-7-18-16(11)21;6-5-2-1-3-7-4-5;;/h1-7,9,11-12,24H,8,10H2,(H,23,26);1-5,8,19H,6-7H2,(H,18,21);1-4H,6H2;;/q;;;+1;-1. The number of nitrogens with zero attached hydrogens (tertiary/aromatic N) is 4. The Balaban J connectivity index is 0.000000163. The molecule has 274 valence electrons. The Labute approximate surface area is 350 Å². The van der Waals surface area contributed by atoms with E-state index >= 15 is 0 Å². The van der Waals surface area contributed by atoms with Crippen LogP contribution in [0.3, 0.4) is 0 Å². The number of ether oxygens (including phenoxy) is 1. The number of amides is 2. The van der Waals surface area contributed by atoms with Gasteiger partial charge in [-0.05, 0) is 54.6 Å². The number of hydrogen-bond donors (Lipinski definition) is 5. The molecule has 0 saturated carbocycles. The third-order valence-corrected chi connectivity index (χ3v) is 9.32. The predicted molar refractivity (Wildman–Crippen MR) is 214 cm³/mol. The van der Waals surface area contributed by atoms with Crippen LogP contribution in [0.2, 0.25) is 5.15 Å². The van der Waals surface area contributed by atoms with Gasteiger partial charge in [-0.15, -0.1) is 0 Å². The molecule has 6 N–H and O–H groups in total. The number of fused-ring (bicyclic) bond motifs is 4. The molecule has 6 aromatic heterocycles. The quantitative estimate of drug-likeness (QED) is 0.127. The Hall–Kier alpha value is -6.05. The van der Waals surface area contributed by atoms with Crippen molar-refractivity contribution >= 4 is 50.9 Å². The minimum atomic E-state index is -0.0347. The van der Waals surface area contributed by atoms with Gasteiger partial charge in [0.1, 0.15) is 10.9 Å². The molecule has 0 bridgehead atoms. The average Bonchev–Trinajstić information content (AvgIpc) is 3.85. The molecule has 10 rings (SSSR count). The molecule has 12 nitrogen and oxygen atoms in total. The summed E-state index contributed by atoms with van der Waals surface area (Å²) in [5, 5.41) is 8.22. The number of halogens is 1. The van der Waals surface area contributed by atoms with Crippen LogP contribution in [-0.2, 0) is 12.8 Å². The van der Waals surface area contributed by atoms with Crippen LogP contribution in [0.4, 0.5) is 5.69 Å². The first-order chi connectivity index (χ1) is 26.9. The molecule has 56 heavy (non-hydrogen) atoms. The van der Waals surface area contributed by atoms with Crippen LogP contribution in [0.5, 0.6) is 11.6 Å². The Kier molecular flexibility index (Phi) is 11.7. The second-order valence-electron chi connectivity index (χ2n) is 12.8. The molecular weight excluding hydrogens is 737 g/mol. The van der Waals surface area contributed by atoms with Gasteiger partial charge in [-0.2, -0.15) is 0 Å². The Morgan fingerprint density at radius 1 is 0.643 bits per heavy atom. The zero-order valence-corrected chi connectivity index (χ0v) is 33.1. The molecule has 2 aliphatic heterocycles. The van der Waals surface area contributed by atoms with E-state index in [2.05, 4.69) is 35.6 Å². The van der Waals surface area contributed by atoms with Crippen LogP contribution < -0.4 is 50.7 Å². The summed E-state index contributed by atoms with van der Waals surface area (Å²) < 4.78 is 5.83. The Morgan fingerprint density at radius 3 is 1.73 bits per heavy atom. The van der Waals surface area contributed by atoms with Crippen molar-refractivity contribution in [2.24, 2.45) is 0 Å². The third kappa shape index (κ3) is 8.43. The molecule has 0 saturated heterocycles. The van der Waals surface area contributed by atoms with Crippen LogP contribution >= 0.6 is 11.6 Å². The number of aromatic nitrogens is 6. The van der Waals surface area contributed by atoms with E-state index in [0.29, 0.717) is 41.1 Å². The van der Waals surface area contributed by atoms with Crippen LogP contribution in [-0.4, -0.2) is 54.8 Å². The minimum Gasteiger partial charge on any atom is -1.00 e. The number of nitrogens with two attached hydrogens (primary N) is 1. The fourth-order valence-electron chi connectivity index (χ4n) is 6.53. The van der Waals surface area contributed by atoms with Gasteiger partial charge in [-0.1, -0.05) is 48.0 Å². The van der Waals surface area contributed by atoms with E-state index in [1.165, 1.54) is 0 Å². The number of nitrogen functional groups attached to an aromatic ring is 1. The smallest absolute Gasteiger partial charge is 1.00 e. The van der Waals surface area contributed by atoms with E-state index in [1.807, 2.05) is 78.9 Å². The summed E-state index contributed by atoms with van der Waals surface area (Å²) >= 11 is 6.02. The van der Waals surface area contributed by atoms with Gasteiger partial charge in [-0.3, -0.25) is 19.6 Å². The molecule has 0 atom stereocenters. The van der Waals surface area contributed by atoms with Gasteiger partial charge in [0.25, 0.3) is 11.8 Å². The fraction of sp³-hybridized carbons (Fsp3) is 0.0952. The first-order valence-corrected chi connectivity index (χ1v) is 18.0. The van der Waals surface area contributed by atoms with Crippen molar-refractivity contribution in [3.63, 3.8) is 0 Å². The number of hydrogen-bond acceptors (Lipinski definition) is 8. The first kappa shape index (κ1) is 38.2. The number of rotatable bonds is 4. The number of nitrogens with one attached hydrogen (secondary N) is 4. The van der Waals surface area contributed by atoms with Crippen molar-refractivity contribution in [1.82, 2.24) is 40.5 Å². The van der Waals surface area contributed by atoms with Gasteiger partial charge < -0.3 is 32.5 Å². The third-order valence-electron chi connectivity index (χ3n) is 9.11. The van der Waals surface area contributed by atoms with E-state index in [1.54, 1.807) is 43.0 Å². The van der Waals surface area contributed by atoms with Gasteiger partial charge >= 0.3 is 29.6 Å². The Bertz CT molecular complexity index is 2680. The molecule has 2 amide bonds. The van der Waals surface area contributed by atoms with Crippen LogP contribution in [0, 0.1) is 0 Å². The maximum absolute atomic E-state index is 12.1. The number of aromatic amines is 2. The fourth-order valence-corrected chi connectivity index (χ4v) is 6.67. The largest absolute Gasteiger partial charge is 1.00 e. The topological polar surface area (TPSA) is 177 Å². The number of pyridine rings is 4. The van der Waals surface area contributed by atoms with Crippen molar-refractivity contribution in [1.29, 1.82) is 0 Å². The van der Waals surface area contributed by atoms with Crippen molar-refractivity contribution in [3.05, 3.63) is 150 Å². The molecule has 2 aliphatic rings. The molecule has 8 aromatic rings.